The number of aromatic nitrogens is 4. The van der Waals surface area contributed by atoms with Gasteiger partial charge in [-0.15, -0.1) is 0 Å². The molecule has 2 saturated carbocycles. The minimum atomic E-state index is -0.726. The molecule has 8 heteroatoms. The summed E-state index contributed by atoms with van der Waals surface area (Å²) < 4.78 is 1.81. The van der Waals surface area contributed by atoms with Gasteiger partial charge in [-0.1, -0.05) is 48.5 Å². The first-order chi connectivity index (χ1) is 16.5. The van der Waals surface area contributed by atoms with E-state index in [1.807, 2.05) is 48.4 Å². The maximum Gasteiger partial charge on any atom is 0.314 e. The van der Waals surface area contributed by atoms with Crippen LogP contribution in [0.1, 0.15) is 42.9 Å². The summed E-state index contributed by atoms with van der Waals surface area (Å²) in [6.45, 7) is 0. The molecule has 0 atom stereocenters. The van der Waals surface area contributed by atoms with Crippen molar-refractivity contribution in [1.82, 2.24) is 25.9 Å². The number of aryl methyl sites for hydroxylation is 1. The van der Waals surface area contributed by atoms with Crippen LogP contribution >= 0.6 is 0 Å². The molecule has 4 aromatic rings. The number of carboxylic acids is 1. The number of nitrogens with one attached hydrogen (secondary N) is 1. The molecule has 2 aliphatic carbocycles. The fraction of sp³-hybridized carbons (Fsp3) is 0.259. The van der Waals surface area contributed by atoms with Gasteiger partial charge < -0.3 is 16.6 Å². The van der Waals surface area contributed by atoms with Crippen LogP contribution in [0.3, 0.4) is 0 Å². The molecule has 0 saturated heterocycles. The Hall–Kier alpha value is -4.04. The number of hydrogen-bond acceptors (Lipinski definition) is 6. The number of hydrogen-bond donors (Lipinski definition) is 3. The maximum absolute atomic E-state index is 11.6. The first-order valence-corrected chi connectivity index (χ1v) is 11.6. The molecule has 0 amide bonds. The first kappa shape index (κ1) is 22.7. The summed E-state index contributed by atoms with van der Waals surface area (Å²) in [5.41, 5.74) is 5.44. The van der Waals surface area contributed by atoms with Gasteiger partial charge in [0, 0.05) is 24.7 Å². The molecule has 2 aromatic heterocycles. The van der Waals surface area contributed by atoms with Crippen LogP contribution < -0.4 is 11.5 Å². The number of carbonyl (C=O) groups is 1. The summed E-state index contributed by atoms with van der Waals surface area (Å²) >= 11 is 0. The number of benzene rings is 2. The summed E-state index contributed by atoms with van der Waals surface area (Å²) in [5, 5.41) is 17.4. The van der Waals surface area contributed by atoms with Gasteiger partial charge in [0.15, 0.2) is 0 Å². The zero-order valence-electron chi connectivity index (χ0n) is 19.6. The van der Waals surface area contributed by atoms with Gasteiger partial charge in [-0.05, 0) is 47.9 Å². The molecule has 2 aromatic carbocycles. The van der Waals surface area contributed by atoms with Gasteiger partial charge in [0.25, 0.3) is 0 Å². The van der Waals surface area contributed by atoms with E-state index in [-0.39, 0.29) is 6.15 Å². The van der Waals surface area contributed by atoms with Crippen molar-refractivity contribution >= 4 is 17.6 Å². The maximum atomic E-state index is 11.6. The van der Waals surface area contributed by atoms with E-state index < -0.39 is 11.4 Å². The molecule has 35 heavy (non-hydrogen) atoms. The van der Waals surface area contributed by atoms with Crippen molar-refractivity contribution in [3.63, 3.8) is 0 Å². The highest BCUT2D eigenvalue weighted by molar-refractivity contribution is 5.85. The molecule has 0 unspecified atom stereocenters. The molecule has 2 fully saturated rings. The molecule has 5 N–H and O–H groups in total. The minimum Gasteiger partial charge on any atom is -0.481 e. The molecular formula is C27H28N6O2. The third kappa shape index (κ3) is 4.17. The number of carboxylic acid groups (broad SMARTS) is 1. The molecule has 8 nitrogen and oxygen atoms in total. The highest BCUT2D eigenvalue weighted by atomic mass is 16.4. The lowest BCUT2D eigenvalue weighted by atomic mass is 9.93. The van der Waals surface area contributed by atoms with E-state index in [1.54, 1.807) is 6.20 Å². The normalized spacial score (nSPS) is 15.8. The number of nitrogens with zero attached hydrogens (tertiary/aromatic N) is 4. The van der Waals surface area contributed by atoms with Crippen LogP contribution in [-0.2, 0) is 17.3 Å². The topological polar surface area (TPSA) is 128 Å². The van der Waals surface area contributed by atoms with E-state index in [4.69, 9.17) is 4.98 Å². The second kappa shape index (κ2) is 8.63. The lowest BCUT2D eigenvalue weighted by molar-refractivity contribution is -0.140. The van der Waals surface area contributed by atoms with E-state index in [0.29, 0.717) is 18.8 Å². The Bertz CT molecular complexity index is 1370. The van der Waals surface area contributed by atoms with E-state index in [0.717, 1.165) is 45.1 Å². The van der Waals surface area contributed by atoms with Gasteiger partial charge >= 0.3 is 5.97 Å². The lowest BCUT2D eigenvalue weighted by Crippen LogP contribution is -2.19. The quantitative estimate of drug-likeness (QED) is 0.329. The van der Waals surface area contributed by atoms with Crippen molar-refractivity contribution in [2.75, 3.05) is 5.32 Å². The van der Waals surface area contributed by atoms with Crippen molar-refractivity contribution in [1.29, 1.82) is 0 Å². The number of anilines is 2. The van der Waals surface area contributed by atoms with E-state index in [2.05, 4.69) is 39.7 Å². The highest BCUT2D eigenvalue weighted by Gasteiger charge is 2.51. The minimum absolute atomic E-state index is 0. The smallest absolute Gasteiger partial charge is 0.314 e. The Morgan fingerprint density at radius 3 is 2.20 bits per heavy atom. The van der Waals surface area contributed by atoms with Gasteiger partial charge in [0.2, 0.25) is 0 Å². The Morgan fingerprint density at radius 2 is 1.60 bits per heavy atom. The second-order valence-electron chi connectivity index (χ2n) is 9.30. The fourth-order valence-electron chi connectivity index (χ4n) is 4.51. The van der Waals surface area contributed by atoms with Crippen LogP contribution in [0.25, 0.3) is 22.3 Å². The largest absolute Gasteiger partial charge is 0.481 e. The van der Waals surface area contributed by atoms with Crippen molar-refractivity contribution < 1.29 is 9.90 Å². The molecule has 0 radical (unpaired) electrons. The van der Waals surface area contributed by atoms with Gasteiger partial charge in [0.1, 0.15) is 11.6 Å². The van der Waals surface area contributed by atoms with Gasteiger partial charge in [-0.2, -0.15) is 5.10 Å². The standard InChI is InChI=1S/C27H25N5O2.H3N/c1-32-25(31-24-16-28-15-23(30-24)20-6-7-20)22(14-29-32)19-4-2-17(3-5-19)18-8-10-21(11-9-18)27(12-13-27)26(33)34;/h2-5,8-11,14-16,20H,6-7,12-13H2,1H3,(H,30,31)(H,33,34);1H3. The molecule has 0 spiro atoms. The second-order valence-corrected chi connectivity index (χ2v) is 9.30. The van der Waals surface area contributed by atoms with Crippen LogP contribution in [0.2, 0.25) is 0 Å². The zero-order chi connectivity index (χ0) is 23.3. The van der Waals surface area contributed by atoms with Crippen LogP contribution in [0, 0.1) is 0 Å². The van der Waals surface area contributed by atoms with E-state index in [9.17, 15) is 9.90 Å². The van der Waals surface area contributed by atoms with Gasteiger partial charge in [-0.3, -0.25) is 14.5 Å². The van der Waals surface area contributed by atoms with Crippen molar-refractivity contribution in [3.8, 4) is 22.3 Å². The third-order valence-corrected chi connectivity index (χ3v) is 6.96. The lowest BCUT2D eigenvalue weighted by Gasteiger charge is -2.12. The van der Waals surface area contributed by atoms with Gasteiger partial charge in [-0.25, -0.2) is 4.98 Å². The molecule has 2 aliphatic rings. The summed E-state index contributed by atoms with van der Waals surface area (Å²) in [5.74, 6) is 1.40. The monoisotopic (exact) mass is 468 g/mol. The van der Waals surface area contributed by atoms with Crippen LogP contribution in [-0.4, -0.2) is 30.8 Å². The Kier molecular flexibility index (Phi) is 5.61. The number of aliphatic carboxylic acids is 1. The Labute approximate surface area is 203 Å². The van der Waals surface area contributed by atoms with E-state index >= 15 is 0 Å². The SMILES string of the molecule is Cn1ncc(-c2ccc(-c3ccc(C4(C(=O)O)CC4)cc3)cc2)c1Nc1cncc(C2CC2)n1.N. The first-order valence-electron chi connectivity index (χ1n) is 11.6. The van der Waals surface area contributed by atoms with Crippen molar-refractivity contribution in [2.24, 2.45) is 7.05 Å². The summed E-state index contributed by atoms with van der Waals surface area (Å²) in [7, 11) is 1.91. The predicted octanol–water partition coefficient (Wildman–Crippen LogP) is 5.44. The van der Waals surface area contributed by atoms with E-state index in [1.165, 1.54) is 12.8 Å². The van der Waals surface area contributed by atoms with Crippen molar-refractivity contribution in [2.45, 2.75) is 37.0 Å². The molecule has 178 valence electrons. The zero-order valence-corrected chi connectivity index (χ0v) is 19.6. The average Bonchev–Trinajstić information content (AvgIpc) is 3.78. The molecule has 0 aliphatic heterocycles. The Morgan fingerprint density at radius 1 is 0.971 bits per heavy atom. The summed E-state index contributed by atoms with van der Waals surface area (Å²) in [4.78, 5) is 20.7. The average molecular weight is 469 g/mol. The third-order valence-electron chi connectivity index (χ3n) is 6.96. The highest BCUT2D eigenvalue weighted by Crippen LogP contribution is 2.48. The number of rotatable bonds is 7. The van der Waals surface area contributed by atoms with Crippen LogP contribution in [0.5, 0.6) is 0 Å². The van der Waals surface area contributed by atoms with Crippen LogP contribution in [0.15, 0.2) is 67.1 Å². The Balaban J connectivity index is 0.00000253. The van der Waals surface area contributed by atoms with Crippen LogP contribution in [0.4, 0.5) is 11.6 Å². The summed E-state index contributed by atoms with van der Waals surface area (Å²) in [6.07, 6.45) is 9.25. The fourth-order valence-corrected chi connectivity index (χ4v) is 4.51. The molecule has 0 bridgehead atoms. The molecule has 6 rings (SSSR count). The predicted molar refractivity (Wildman–Crippen MR) is 135 cm³/mol. The molecular weight excluding hydrogens is 440 g/mol. The van der Waals surface area contributed by atoms with Gasteiger partial charge in [0.05, 0.1) is 23.5 Å². The van der Waals surface area contributed by atoms with Crippen molar-refractivity contribution in [3.05, 3.63) is 78.4 Å². The summed E-state index contributed by atoms with van der Waals surface area (Å²) in [6, 6.07) is 16.2. The molecule has 2 heterocycles.